The van der Waals surface area contributed by atoms with Gasteiger partial charge in [-0.25, -0.2) is 14.6 Å². The van der Waals surface area contributed by atoms with Crippen LogP contribution in [0.2, 0.25) is 0 Å². The van der Waals surface area contributed by atoms with Crippen molar-refractivity contribution in [1.82, 2.24) is 0 Å². The lowest BCUT2D eigenvalue weighted by Gasteiger charge is -2.29. The van der Waals surface area contributed by atoms with Crippen molar-refractivity contribution in [2.45, 2.75) is 141 Å². The summed E-state index contributed by atoms with van der Waals surface area (Å²) in [5.41, 5.74) is 5.34. The predicted octanol–water partition coefficient (Wildman–Crippen LogP) is 12.4. The van der Waals surface area contributed by atoms with E-state index in [0.29, 0.717) is 24.0 Å². The van der Waals surface area contributed by atoms with Crippen molar-refractivity contribution in [1.29, 1.82) is 0 Å². The summed E-state index contributed by atoms with van der Waals surface area (Å²) in [4.78, 5) is 24.7. The minimum absolute atomic E-state index is 0.0761. The summed E-state index contributed by atoms with van der Waals surface area (Å²) in [5.74, 6) is 2.76. The maximum atomic E-state index is 13.1. The molecule has 4 nitrogen and oxygen atoms in total. The molecule has 48 heavy (non-hydrogen) atoms. The number of unbranched alkanes of at least 4 members (excludes halogenated alkanes) is 4. The highest BCUT2D eigenvalue weighted by Crippen LogP contribution is 2.39. The van der Waals surface area contributed by atoms with E-state index in [1.807, 2.05) is 42.5 Å². The van der Waals surface area contributed by atoms with Gasteiger partial charge in [0.05, 0.1) is 5.56 Å². The highest BCUT2D eigenvalue weighted by atomic mass is 17.2. The summed E-state index contributed by atoms with van der Waals surface area (Å²) in [6, 6.07) is 26.8. The van der Waals surface area contributed by atoms with E-state index in [1.165, 1.54) is 114 Å². The van der Waals surface area contributed by atoms with Crippen molar-refractivity contribution in [3.8, 4) is 0 Å². The summed E-state index contributed by atoms with van der Waals surface area (Å²) >= 11 is 0. The lowest BCUT2D eigenvalue weighted by molar-refractivity contribution is -0.340. The van der Waals surface area contributed by atoms with Crippen LogP contribution in [0.4, 0.5) is 0 Å². The van der Waals surface area contributed by atoms with Crippen LogP contribution in [0.1, 0.15) is 167 Å². The third-order valence-electron chi connectivity index (χ3n) is 11.1. The van der Waals surface area contributed by atoms with Gasteiger partial charge in [0.25, 0.3) is 0 Å². The van der Waals surface area contributed by atoms with E-state index in [9.17, 15) is 4.79 Å². The summed E-state index contributed by atoms with van der Waals surface area (Å²) in [5, 5.41) is 0. The summed E-state index contributed by atoms with van der Waals surface area (Å²) < 4.78 is 5.77. The van der Waals surface area contributed by atoms with Crippen LogP contribution in [0.15, 0.2) is 78.9 Å². The second-order valence-electron chi connectivity index (χ2n) is 14.6. The van der Waals surface area contributed by atoms with E-state index >= 15 is 0 Å². The Hall–Kier alpha value is -2.95. The zero-order valence-corrected chi connectivity index (χ0v) is 29.8. The van der Waals surface area contributed by atoms with Gasteiger partial charge in [-0.05, 0) is 109 Å². The van der Waals surface area contributed by atoms with Gasteiger partial charge in [0, 0.05) is 0 Å². The number of carbonyl (C=O) groups excluding carboxylic acids is 1. The highest BCUT2D eigenvalue weighted by Gasteiger charge is 2.24. The molecule has 3 aromatic rings. The Morgan fingerprint density at radius 1 is 0.646 bits per heavy atom. The molecule has 1 atom stereocenters. The van der Waals surface area contributed by atoms with E-state index < -0.39 is 6.10 Å². The van der Waals surface area contributed by atoms with Gasteiger partial charge in [-0.2, -0.15) is 0 Å². The van der Waals surface area contributed by atoms with Gasteiger partial charge in [0.2, 0.25) is 0 Å². The second-order valence-corrected chi connectivity index (χ2v) is 14.6. The fraction of sp³-hybridized carbons (Fsp3) is 0.568. The third kappa shape index (κ3) is 11.3. The van der Waals surface area contributed by atoms with Crippen LogP contribution in [0.5, 0.6) is 0 Å². The van der Waals surface area contributed by atoms with Crippen molar-refractivity contribution >= 4 is 5.97 Å². The number of ether oxygens (including phenoxy) is 1. The number of benzene rings is 3. The summed E-state index contributed by atoms with van der Waals surface area (Å²) in [6.07, 6.45) is 20.9. The maximum Gasteiger partial charge on any atom is 0.338 e. The molecule has 1 unspecified atom stereocenters. The van der Waals surface area contributed by atoms with Crippen molar-refractivity contribution in [3.63, 3.8) is 0 Å². The molecule has 2 aliphatic carbocycles. The van der Waals surface area contributed by atoms with Crippen LogP contribution in [-0.2, 0) is 21.1 Å². The average molecular weight is 653 g/mol. The molecule has 2 aliphatic rings. The highest BCUT2D eigenvalue weighted by molar-refractivity contribution is 5.89. The monoisotopic (exact) mass is 652 g/mol. The lowest BCUT2D eigenvalue weighted by Crippen LogP contribution is -2.16. The normalized spacial score (nSPS) is 21.9. The average Bonchev–Trinajstić information content (AvgIpc) is 3.14. The molecule has 260 valence electrons. The Balaban J connectivity index is 1.06. The first-order chi connectivity index (χ1) is 23.6. The van der Waals surface area contributed by atoms with Crippen LogP contribution in [0.3, 0.4) is 0 Å². The molecule has 2 fully saturated rings. The molecule has 0 spiro atoms. The molecular weight excluding hydrogens is 592 g/mol. The predicted molar refractivity (Wildman–Crippen MR) is 196 cm³/mol. The van der Waals surface area contributed by atoms with Gasteiger partial charge in [-0.15, -0.1) is 0 Å². The Kier molecular flexibility index (Phi) is 15.1. The SMILES string of the molecule is CCCCCC1CCC(c2ccc(COOC(COC(=O)c3ccc(C4CCC(CCCCC)CC4)cc3)c3ccccc3)cc2)CC1. The third-order valence-corrected chi connectivity index (χ3v) is 11.1. The standard InChI is InChI=1S/C44H60O4/c1-3-5-8-12-34-16-22-37(23-17-34)39-26-20-36(21-27-39)32-47-48-43(41-14-10-7-11-15-41)33-46-44(45)42-30-28-40(29-31-42)38-24-18-35(19-25-38)13-9-6-4-2/h7,10-11,14-15,20-21,26-31,34-35,37-38,43H,3-6,8-9,12-13,16-19,22-25,32-33H2,1-2H3. The molecule has 0 aromatic heterocycles. The Labute approximate surface area is 290 Å². The van der Waals surface area contributed by atoms with E-state index in [-0.39, 0.29) is 12.6 Å². The number of rotatable bonds is 18. The van der Waals surface area contributed by atoms with Gasteiger partial charge >= 0.3 is 5.97 Å². The Morgan fingerprint density at radius 3 is 1.69 bits per heavy atom. The molecule has 0 radical (unpaired) electrons. The molecule has 5 rings (SSSR count). The molecule has 0 saturated heterocycles. The first kappa shape index (κ1) is 36.3. The minimum Gasteiger partial charge on any atom is -0.459 e. The topological polar surface area (TPSA) is 44.8 Å². The molecule has 4 heteroatoms. The minimum atomic E-state index is -0.520. The van der Waals surface area contributed by atoms with Gasteiger partial charge in [0.1, 0.15) is 13.2 Å². The molecule has 2 saturated carbocycles. The van der Waals surface area contributed by atoms with Gasteiger partial charge in [-0.3, -0.25) is 0 Å². The van der Waals surface area contributed by atoms with Crippen LogP contribution in [-0.4, -0.2) is 12.6 Å². The van der Waals surface area contributed by atoms with Crippen molar-refractivity contribution in [2.75, 3.05) is 6.61 Å². The van der Waals surface area contributed by atoms with E-state index in [1.54, 1.807) is 0 Å². The smallest absolute Gasteiger partial charge is 0.338 e. The molecule has 3 aromatic carbocycles. The molecule has 0 heterocycles. The van der Waals surface area contributed by atoms with E-state index in [2.05, 4.69) is 50.2 Å². The number of hydrogen-bond donors (Lipinski definition) is 0. The van der Waals surface area contributed by atoms with Gasteiger partial charge in [-0.1, -0.05) is 132 Å². The number of esters is 1. The van der Waals surface area contributed by atoms with E-state index in [4.69, 9.17) is 14.5 Å². The summed E-state index contributed by atoms with van der Waals surface area (Å²) in [6.45, 7) is 4.98. The molecular formula is C44H60O4. The number of carbonyl (C=O) groups is 1. The van der Waals surface area contributed by atoms with Crippen LogP contribution in [0.25, 0.3) is 0 Å². The van der Waals surface area contributed by atoms with Crippen molar-refractivity contribution < 1.29 is 19.3 Å². The quantitative estimate of drug-likeness (QED) is 0.0594. The maximum absolute atomic E-state index is 13.1. The van der Waals surface area contributed by atoms with Crippen molar-refractivity contribution in [3.05, 3.63) is 107 Å². The lowest BCUT2D eigenvalue weighted by atomic mass is 9.77. The van der Waals surface area contributed by atoms with Crippen LogP contribution < -0.4 is 0 Å². The molecule has 0 N–H and O–H groups in total. The first-order valence-corrected chi connectivity index (χ1v) is 19.3. The Bertz CT molecular complexity index is 1300. The molecule has 0 bridgehead atoms. The van der Waals surface area contributed by atoms with Gasteiger partial charge < -0.3 is 4.74 Å². The zero-order chi connectivity index (χ0) is 33.4. The zero-order valence-electron chi connectivity index (χ0n) is 29.8. The largest absolute Gasteiger partial charge is 0.459 e. The second kappa shape index (κ2) is 19.9. The van der Waals surface area contributed by atoms with Crippen LogP contribution >= 0.6 is 0 Å². The van der Waals surface area contributed by atoms with Gasteiger partial charge in [0.15, 0.2) is 6.10 Å². The van der Waals surface area contributed by atoms with E-state index in [0.717, 1.165) is 23.0 Å². The molecule has 0 aliphatic heterocycles. The molecule has 0 amide bonds. The van der Waals surface area contributed by atoms with Crippen LogP contribution in [0, 0.1) is 11.8 Å². The summed E-state index contributed by atoms with van der Waals surface area (Å²) in [7, 11) is 0. The van der Waals surface area contributed by atoms with Crippen molar-refractivity contribution in [2.24, 2.45) is 11.8 Å². The fourth-order valence-corrected chi connectivity index (χ4v) is 7.98. The number of hydrogen-bond acceptors (Lipinski definition) is 4. The Morgan fingerprint density at radius 2 is 1.17 bits per heavy atom. The fourth-order valence-electron chi connectivity index (χ4n) is 7.98. The first-order valence-electron chi connectivity index (χ1n) is 19.3.